The van der Waals surface area contributed by atoms with E-state index >= 15 is 0 Å². The summed E-state index contributed by atoms with van der Waals surface area (Å²) in [6, 6.07) is 9.60. The van der Waals surface area contributed by atoms with Crippen molar-refractivity contribution < 1.29 is 5.11 Å². The molecule has 1 N–H and O–H groups in total. The van der Waals surface area contributed by atoms with Crippen molar-refractivity contribution in [2.24, 2.45) is 0 Å². The van der Waals surface area contributed by atoms with Crippen molar-refractivity contribution >= 4 is 11.8 Å². The van der Waals surface area contributed by atoms with Crippen molar-refractivity contribution in [2.45, 2.75) is 29.5 Å². The van der Waals surface area contributed by atoms with Crippen LogP contribution < -0.4 is 0 Å². The van der Waals surface area contributed by atoms with Gasteiger partial charge >= 0.3 is 0 Å². The lowest BCUT2D eigenvalue weighted by atomic mass is 10.1. The van der Waals surface area contributed by atoms with E-state index in [9.17, 15) is 5.11 Å². The minimum Gasteiger partial charge on any atom is -0.388 e. The minimum atomic E-state index is -0.428. The molecule has 0 bridgehead atoms. The van der Waals surface area contributed by atoms with Crippen LogP contribution in [0.15, 0.2) is 52.8 Å². The van der Waals surface area contributed by atoms with Crippen LogP contribution in [0, 0.1) is 0 Å². The van der Waals surface area contributed by atoms with E-state index in [4.69, 9.17) is 0 Å². The third kappa shape index (κ3) is 3.05. The maximum absolute atomic E-state index is 9.93. The van der Waals surface area contributed by atoms with Crippen LogP contribution in [0.4, 0.5) is 0 Å². The molecule has 2 aromatic rings. The molecule has 1 heterocycles. The molecule has 0 saturated heterocycles. The van der Waals surface area contributed by atoms with E-state index in [0.717, 1.165) is 10.5 Å². The Morgan fingerprint density at radius 1 is 1.18 bits per heavy atom. The van der Waals surface area contributed by atoms with Gasteiger partial charge in [0.1, 0.15) is 0 Å². The van der Waals surface area contributed by atoms with Crippen molar-refractivity contribution in [2.75, 3.05) is 0 Å². The highest BCUT2D eigenvalue weighted by Crippen LogP contribution is 2.31. The first-order valence-corrected chi connectivity index (χ1v) is 6.34. The first kappa shape index (κ1) is 12.1. The van der Waals surface area contributed by atoms with Gasteiger partial charge in [0, 0.05) is 17.3 Å². The fourth-order valence-corrected chi connectivity index (χ4v) is 2.40. The van der Waals surface area contributed by atoms with Crippen molar-refractivity contribution in [1.82, 2.24) is 9.97 Å². The highest BCUT2D eigenvalue weighted by atomic mass is 32.2. The van der Waals surface area contributed by atoms with Crippen LogP contribution in [0.1, 0.15) is 25.0 Å². The molecular formula is C13H14N2OS. The average molecular weight is 246 g/mol. The Balaban J connectivity index is 2.27. The van der Waals surface area contributed by atoms with Crippen LogP contribution >= 0.6 is 11.8 Å². The monoisotopic (exact) mass is 246 g/mol. The summed E-state index contributed by atoms with van der Waals surface area (Å²) in [6.07, 6.45) is 3.71. The van der Waals surface area contributed by atoms with Crippen molar-refractivity contribution in [1.29, 1.82) is 0 Å². The van der Waals surface area contributed by atoms with E-state index in [-0.39, 0.29) is 0 Å². The molecule has 0 saturated carbocycles. The summed E-state index contributed by atoms with van der Waals surface area (Å²) in [6.45, 7) is 1.96. The zero-order valence-corrected chi connectivity index (χ0v) is 10.4. The van der Waals surface area contributed by atoms with Gasteiger partial charge in [0.2, 0.25) is 0 Å². The van der Waals surface area contributed by atoms with E-state index < -0.39 is 6.10 Å². The number of hydrogen-bond donors (Lipinski definition) is 1. The molecule has 2 rings (SSSR count). The maximum atomic E-state index is 9.93. The Kier molecular flexibility index (Phi) is 4.12. The zero-order valence-electron chi connectivity index (χ0n) is 9.58. The summed E-state index contributed by atoms with van der Waals surface area (Å²) in [7, 11) is 0. The van der Waals surface area contributed by atoms with Gasteiger partial charge in [-0.2, -0.15) is 0 Å². The van der Waals surface area contributed by atoms with Crippen molar-refractivity contribution in [3.05, 3.63) is 48.3 Å². The Hall–Kier alpha value is -1.39. The first-order valence-electron chi connectivity index (χ1n) is 5.53. The third-order valence-corrected chi connectivity index (χ3v) is 3.39. The second kappa shape index (κ2) is 5.80. The summed E-state index contributed by atoms with van der Waals surface area (Å²) >= 11 is 1.48. The van der Waals surface area contributed by atoms with Gasteiger partial charge in [-0.1, -0.05) is 25.1 Å². The topological polar surface area (TPSA) is 46.0 Å². The molecule has 0 radical (unpaired) electrons. The predicted molar refractivity (Wildman–Crippen MR) is 67.8 cm³/mol. The Morgan fingerprint density at radius 2 is 1.88 bits per heavy atom. The Morgan fingerprint density at radius 3 is 2.59 bits per heavy atom. The molecule has 0 fully saturated rings. The fourth-order valence-electron chi connectivity index (χ4n) is 1.51. The Bertz CT molecular complexity index is 476. The summed E-state index contributed by atoms with van der Waals surface area (Å²) in [5.41, 5.74) is 0.937. The number of rotatable bonds is 4. The third-order valence-electron chi connectivity index (χ3n) is 2.41. The molecule has 0 spiro atoms. The Labute approximate surface area is 105 Å². The smallest absolute Gasteiger partial charge is 0.192 e. The van der Waals surface area contributed by atoms with Crippen LogP contribution in [0.25, 0.3) is 0 Å². The van der Waals surface area contributed by atoms with Gasteiger partial charge in [-0.25, -0.2) is 9.97 Å². The summed E-state index contributed by atoms with van der Waals surface area (Å²) in [5.74, 6) is 0. The number of benzene rings is 1. The second-order valence-corrected chi connectivity index (χ2v) is 4.60. The van der Waals surface area contributed by atoms with Gasteiger partial charge in [0.15, 0.2) is 5.16 Å². The van der Waals surface area contributed by atoms with Gasteiger partial charge in [-0.15, -0.1) is 0 Å². The number of aliphatic hydroxyl groups excluding tert-OH is 1. The SMILES string of the molecule is CC[C@@H](O)c1ccccc1Sc1ncccn1. The second-order valence-electron chi connectivity index (χ2n) is 3.60. The first-order chi connectivity index (χ1) is 8.31. The van der Waals surface area contributed by atoms with Gasteiger partial charge in [-0.3, -0.25) is 0 Å². The molecule has 1 aromatic carbocycles. The lowest BCUT2D eigenvalue weighted by molar-refractivity contribution is 0.171. The van der Waals surface area contributed by atoms with Crippen LogP contribution in [-0.4, -0.2) is 15.1 Å². The van der Waals surface area contributed by atoms with Crippen molar-refractivity contribution in [3.63, 3.8) is 0 Å². The molecule has 0 aliphatic rings. The normalized spacial score (nSPS) is 12.4. The van der Waals surface area contributed by atoms with Crippen LogP contribution in [0.5, 0.6) is 0 Å². The highest BCUT2D eigenvalue weighted by Gasteiger charge is 2.11. The lowest BCUT2D eigenvalue weighted by Crippen LogP contribution is -1.97. The molecule has 17 heavy (non-hydrogen) atoms. The van der Waals surface area contributed by atoms with Crippen LogP contribution in [0.3, 0.4) is 0 Å². The fraction of sp³-hybridized carbons (Fsp3) is 0.231. The largest absolute Gasteiger partial charge is 0.388 e. The average Bonchev–Trinajstić information content (AvgIpc) is 2.40. The summed E-state index contributed by atoms with van der Waals surface area (Å²) in [4.78, 5) is 9.35. The number of nitrogens with zero attached hydrogens (tertiary/aromatic N) is 2. The predicted octanol–water partition coefficient (Wildman–Crippen LogP) is 3.07. The lowest BCUT2D eigenvalue weighted by Gasteiger charge is -2.12. The standard InChI is InChI=1S/C13H14N2OS/c1-2-11(16)10-6-3-4-7-12(10)17-13-14-8-5-9-15-13/h3-9,11,16H,2H2,1H3/t11-/m1/s1. The maximum Gasteiger partial charge on any atom is 0.192 e. The summed E-state index contributed by atoms with van der Waals surface area (Å²) in [5, 5.41) is 10.6. The van der Waals surface area contributed by atoms with E-state index in [1.54, 1.807) is 18.5 Å². The molecule has 0 aliphatic carbocycles. The molecule has 1 aromatic heterocycles. The van der Waals surface area contributed by atoms with Gasteiger partial charge < -0.3 is 5.11 Å². The summed E-state index contributed by atoms with van der Waals surface area (Å²) < 4.78 is 0. The van der Waals surface area contributed by atoms with E-state index in [0.29, 0.717) is 11.6 Å². The van der Waals surface area contributed by atoms with E-state index in [1.165, 1.54) is 11.8 Å². The number of aliphatic hydroxyl groups is 1. The van der Waals surface area contributed by atoms with Crippen LogP contribution in [-0.2, 0) is 0 Å². The molecular weight excluding hydrogens is 232 g/mol. The highest BCUT2D eigenvalue weighted by molar-refractivity contribution is 7.99. The zero-order chi connectivity index (χ0) is 12.1. The minimum absolute atomic E-state index is 0.428. The number of aromatic nitrogens is 2. The molecule has 0 amide bonds. The number of hydrogen-bond acceptors (Lipinski definition) is 4. The molecule has 0 unspecified atom stereocenters. The van der Waals surface area contributed by atoms with Crippen molar-refractivity contribution in [3.8, 4) is 0 Å². The molecule has 1 atom stereocenters. The molecule has 3 nitrogen and oxygen atoms in total. The molecule has 0 aliphatic heterocycles. The molecule has 4 heteroatoms. The van der Waals surface area contributed by atoms with Crippen LogP contribution in [0.2, 0.25) is 0 Å². The van der Waals surface area contributed by atoms with Gasteiger partial charge in [-0.05, 0) is 35.9 Å². The van der Waals surface area contributed by atoms with Gasteiger partial charge in [0.05, 0.1) is 6.10 Å². The van der Waals surface area contributed by atoms with Gasteiger partial charge in [0.25, 0.3) is 0 Å². The quantitative estimate of drug-likeness (QED) is 0.842. The molecule has 88 valence electrons. The van der Waals surface area contributed by atoms with E-state index in [1.807, 2.05) is 31.2 Å². The van der Waals surface area contributed by atoms with E-state index in [2.05, 4.69) is 9.97 Å².